The molecular formula is C15H21NO4S. The van der Waals surface area contributed by atoms with E-state index in [-0.39, 0.29) is 11.8 Å². The summed E-state index contributed by atoms with van der Waals surface area (Å²) in [4.78, 5) is 25.2. The molecule has 1 saturated heterocycles. The molecule has 1 fully saturated rings. The Kier molecular flexibility index (Phi) is 5.36. The first-order valence-corrected chi connectivity index (χ1v) is 8.07. The first-order valence-electron chi connectivity index (χ1n) is 7.26. The molecule has 1 aliphatic heterocycles. The molecule has 0 spiro atoms. The Hall–Kier alpha value is -1.40. The summed E-state index contributed by atoms with van der Waals surface area (Å²) < 4.78 is 10.4. The summed E-state index contributed by atoms with van der Waals surface area (Å²) in [7, 11) is 0. The van der Waals surface area contributed by atoms with Gasteiger partial charge in [0.2, 0.25) is 0 Å². The number of hydrogen-bond acceptors (Lipinski definition) is 5. The maximum atomic E-state index is 12.1. The Balaban J connectivity index is 2.19. The number of hydrogen-bond donors (Lipinski definition) is 1. The van der Waals surface area contributed by atoms with Crippen LogP contribution in [-0.2, 0) is 14.3 Å². The third-order valence-electron chi connectivity index (χ3n) is 3.27. The Morgan fingerprint density at radius 1 is 1.52 bits per heavy atom. The summed E-state index contributed by atoms with van der Waals surface area (Å²) in [5, 5.41) is 3.37. The largest absolute Gasteiger partial charge is 0.462 e. The number of ether oxygens (including phenoxy) is 2. The fourth-order valence-corrected chi connectivity index (χ4v) is 3.18. The first kappa shape index (κ1) is 16.0. The van der Waals surface area contributed by atoms with Gasteiger partial charge in [-0.15, -0.1) is 11.3 Å². The van der Waals surface area contributed by atoms with Crippen LogP contribution in [0.3, 0.4) is 0 Å². The van der Waals surface area contributed by atoms with Gasteiger partial charge in [-0.25, -0.2) is 4.79 Å². The van der Waals surface area contributed by atoms with Gasteiger partial charge in [0.15, 0.2) is 0 Å². The number of anilines is 1. The standard InChI is InChI=1S/C15H21NO4S/c1-4-19-15(18)10-8-12(9(2)3)21-14(10)16-13(17)11-6-5-7-20-11/h8-9,11H,4-7H2,1-3H3,(H,16,17). The van der Waals surface area contributed by atoms with Gasteiger partial charge in [-0.3, -0.25) is 4.79 Å². The fourth-order valence-electron chi connectivity index (χ4n) is 2.12. The number of esters is 1. The van der Waals surface area contributed by atoms with Crippen molar-refractivity contribution in [2.45, 2.75) is 45.6 Å². The summed E-state index contributed by atoms with van der Waals surface area (Å²) in [6, 6.07) is 1.80. The van der Waals surface area contributed by atoms with E-state index < -0.39 is 12.1 Å². The molecule has 1 N–H and O–H groups in total. The third kappa shape index (κ3) is 3.83. The number of carbonyl (C=O) groups excluding carboxylic acids is 2. The lowest BCUT2D eigenvalue weighted by Gasteiger charge is -2.10. The Morgan fingerprint density at radius 2 is 2.29 bits per heavy atom. The predicted molar refractivity (Wildman–Crippen MR) is 82.0 cm³/mol. The van der Waals surface area contributed by atoms with Crippen LogP contribution in [-0.4, -0.2) is 31.2 Å². The van der Waals surface area contributed by atoms with Crippen molar-refractivity contribution in [3.8, 4) is 0 Å². The molecule has 1 aromatic heterocycles. The van der Waals surface area contributed by atoms with E-state index in [0.717, 1.165) is 17.7 Å². The SMILES string of the molecule is CCOC(=O)c1cc(C(C)C)sc1NC(=O)C1CCCO1. The smallest absolute Gasteiger partial charge is 0.341 e. The second-order valence-electron chi connectivity index (χ2n) is 5.26. The number of thiophene rings is 1. The highest BCUT2D eigenvalue weighted by Crippen LogP contribution is 2.33. The zero-order valence-corrected chi connectivity index (χ0v) is 13.4. The van der Waals surface area contributed by atoms with Crippen LogP contribution in [0.5, 0.6) is 0 Å². The minimum Gasteiger partial charge on any atom is -0.462 e. The molecule has 0 radical (unpaired) electrons. The van der Waals surface area contributed by atoms with Crippen molar-refractivity contribution in [3.63, 3.8) is 0 Å². The van der Waals surface area contributed by atoms with E-state index in [9.17, 15) is 9.59 Å². The highest BCUT2D eigenvalue weighted by atomic mass is 32.1. The summed E-state index contributed by atoms with van der Waals surface area (Å²) in [6.45, 7) is 6.78. The molecule has 2 heterocycles. The Bertz CT molecular complexity index is 518. The molecular weight excluding hydrogens is 290 g/mol. The van der Waals surface area contributed by atoms with Crippen LogP contribution >= 0.6 is 11.3 Å². The van der Waals surface area contributed by atoms with Gasteiger partial charge in [-0.05, 0) is 31.7 Å². The lowest BCUT2D eigenvalue weighted by molar-refractivity contribution is -0.124. The van der Waals surface area contributed by atoms with Crippen LogP contribution in [0.1, 0.15) is 54.8 Å². The average molecular weight is 311 g/mol. The van der Waals surface area contributed by atoms with Crippen molar-refractivity contribution in [1.29, 1.82) is 0 Å². The van der Waals surface area contributed by atoms with E-state index in [1.807, 2.05) is 13.8 Å². The topological polar surface area (TPSA) is 64.6 Å². The highest BCUT2D eigenvalue weighted by Gasteiger charge is 2.26. The van der Waals surface area contributed by atoms with E-state index in [1.54, 1.807) is 13.0 Å². The molecule has 0 aliphatic carbocycles. The normalized spacial score (nSPS) is 18.0. The maximum Gasteiger partial charge on any atom is 0.341 e. The molecule has 6 heteroatoms. The highest BCUT2D eigenvalue weighted by molar-refractivity contribution is 7.16. The second kappa shape index (κ2) is 7.04. The van der Waals surface area contributed by atoms with E-state index >= 15 is 0 Å². The summed E-state index contributed by atoms with van der Waals surface area (Å²) in [5.41, 5.74) is 0.428. The maximum absolute atomic E-state index is 12.1. The molecule has 21 heavy (non-hydrogen) atoms. The van der Waals surface area contributed by atoms with Gasteiger partial charge < -0.3 is 14.8 Å². The molecule has 1 amide bonds. The van der Waals surface area contributed by atoms with Crippen LogP contribution in [0.2, 0.25) is 0 Å². The van der Waals surface area contributed by atoms with Crippen LogP contribution < -0.4 is 5.32 Å². The van der Waals surface area contributed by atoms with Gasteiger partial charge in [0.05, 0.1) is 12.2 Å². The zero-order chi connectivity index (χ0) is 15.4. The molecule has 1 aliphatic rings. The quantitative estimate of drug-likeness (QED) is 0.848. The van der Waals surface area contributed by atoms with Gasteiger partial charge in [-0.1, -0.05) is 13.8 Å². The predicted octanol–water partition coefficient (Wildman–Crippen LogP) is 3.17. The Labute approximate surface area is 128 Å². The Morgan fingerprint density at radius 3 is 2.86 bits per heavy atom. The van der Waals surface area contributed by atoms with Crippen LogP contribution in [0, 0.1) is 0 Å². The van der Waals surface area contributed by atoms with E-state index in [0.29, 0.717) is 23.8 Å². The van der Waals surface area contributed by atoms with Crippen molar-refractivity contribution in [2.75, 3.05) is 18.5 Å². The van der Waals surface area contributed by atoms with Crippen molar-refractivity contribution < 1.29 is 19.1 Å². The number of amides is 1. The van der Waals surface area contributed by atoms with Crippen LogP contribution in [0.25, 0.3) is 0 Å². The minimum atomic E-state index is -0.412. The molecule has 0 bridgehead atoms. The molecule has 1 atom stereocenters. The van der Waals surface area contributed by atoms with E-state index in [2.05, 4.69) is 5.32 Å². The molecule has 0 aromatic carbocycles. The summed E-state index contributed by atoms with van der Waals surface area (Å²) >= 11 is 1.42. The van der Waals surface area contributed by atoms with Crippen molar-refractivity contribution in [3.05, 3.63) is 16.5 Å². The second-order valence-corrected chi connectivity index (χ2v) is 6.34. The van der Waals surface area contributed by atoms with Crippen molar-refractivity contribution >= 4 is 28.2 Å². The van der Waals surface area contributed by atoms with Crippen LogP contribution in [0.15, 0.2) is 6.07 Å². The van der Waals surface area contributed by atoms with Gasteiger partial charge in [0.25, 0.3) is 5.91 Å². The van der Waals surface area contributed by atoms with Crippen LogP contribution in [0.4, 0.5) is 5.00 Å². The van der Waals surface area contributed by atoms with Gasteiger partial charge in [0.1, 0.15) is 11.1 Å². The molecule has 116 valence electrons. The molecule has 2 rings (SSSR count). The third-order valence-corrected chi connectivity index (χ3v) is 4.63. The van der Waals surface area contributed by atoms with E-state index in [1.165, 1.54) is 11.3 Å². The number of nitrogens with one attached hydrogen (secondary N) is 1. The minimum absolute atomic E-state index is 0.185. The molecule has 0 saturated carbocycles. The first-order chi connectivity index (χ1) is 10.0. The lowest BCUT2D eigenvalue weighted by atomic mass is 10.1. The number of rotatable bonds is 5. The molecule has 1 unspecified atom stereocenters. The van der Waals surface area contributed by atoms with E-state index in [4.69, 9.17) is 9.47 Å². The lowest BCUT2D eigenvalue weighted by Crippen LogP contribution is -2.27. The molecule has 1 aromatic rings. The van der Waals surface area contributed by atoms with Crippen molar-refractivity contribution in [2.24, 2.45) is 0 Å². The fraction of sp³-hybridized carbons (Fsp3) is 0.600. The molecule has 5 nitrogen and oxygen atoms in total. The average Bonchev–Trinajstić information content (AvgIpc) is 3.08. The van der Waals surface area contributed by atoms with Gasteiger partial charge in [-0.2, -0.15) is 0 Å². The van der Waals surface area contributed by atoms with Gasteiger partial charge >= 0.3 is 5.97 Å². The van der Waals surface area contributed by atoms with Gasteiger partial charge in [0, 0.05) is 11.5 Å². The monoisotopic (exact) mass is 311 g/mol. The summed E-state index contributed by atoms with van der Waals surface area (Å²) in [6.07, 6.45) is 1.21. The zero-order valence-electron chi connectivity index (χ0n) is 12.6. The number of carbonyl (C=O) groups is 2. The summed E-state index contributed by atoms with van der Waals surface area (Å²) in [5.74, 6) is -0.296. The van der Waals surface area contributed by atoms with Crippen molar-refractivity contribution in [1.82, 2.24) is 0 Å².